The molecule has 1 fully saturated rings. The molecule has 0 bridgehead atoms. The first kappa shape index (κ1) is 15.9. The third kappa shape index (κ3) is 4.48. The molecule has 2 N–H and O–H groups in total. The maximum atomic E-state index is 12.1. The lowest BCUT2D eigenvalue weighted by Crippen LogP contribution is -2.48. The molecule has 8 heteroatoms. The van der Waals surface area contributed by atoms with E-state index < -0.39 is 12.0 Å². The maximum Gasteiger partial charge on any atom is 0.246 e. The molecule has 1 aromatic heterocycles. The minimum Gasteiger partial charge on any atom is -0.392 e. The second kappa shape index (κ2) is 7.48. The van der Waals surface area contributed by atoms with Crippen molar-refractivity contribution in [3.63, 3.8) is 0 Å². The fraction of sp³-hybridized carbons (Fsp3) is 0.769. The van der Waals surface area contributed by atoms with E-state index in [1.165, 1.54) is 0 Å². The molecule has 2 heterocycles. The number of hydrogen-bond acceptors (Lipinski definition) is 7. The molecule has 2 rings (SSSR count). The molecule has 21 heavy (non-hydrogen) atoms. The first-order chi connectivity index (χ1) is 10.1. The van der Waals surface area contributed by atoms with E-state index in [2.05, 4.69) is 15.5 Å². The first-order valence-electron chi connectivity index (χ1n) is 7.05. The number of carbonyl (C=O) groups excluding carboxylic acids is 1. The van der Waals surface area contributed by atoms with Gasteiger partial charge in [-0.05, 0) is 13.5 Å². The second-order valence-corrected chi connectivity index (χ2v) is 5.29. The third-order valence-electron chi connectivity index (χ3n) is 3.57. The zero-order valence-electron chi connectivity index (χ0n) is 12.4. The zero-order valence-corrected chi connectivity index (χ0v) is 12.4. The average molecular weight is 298 g/mol. The predicted octanol–water partition coefficient (Wildman–Crippen LogP) is -0.813. The minimum atomic E-state index is -0.596. The van der Waals surface area contributed by atoms with E-state index in [0.717, 1.165) is 6.54 Å². The Balaban J connectivity index is 1.81. The highest BCUT2D eigenvalue weighted by molar-refractivity contribution is 5.79. The molecule has 0 aliphatic carbocycles. The minimum absolute atomic E-state index is 0.172. The number of methoxy groups -OCH3 is 1. The zero-order chi connectivity index (χ0) is 15.2. The van der Waals surface area contributed by atoms with Gasteiger partial charge in [-0.1, -0.05) is 5.16 Å². The van der Waals surface area contributed by atoms with Gasteiger partial charge in [0, 0.05) is 26.6 Å². The average Bonchev–Trinajstić information content (AvgIpc) is 2.93. The number of nitrogens with zero attached hydrogens (tertiary/aromatic N) is 3. The van der Waals surface area contributed by atoms with Crippen LogP contribution in [0.3, 0.4) is 0 Å². The van der Waals surface area contributed by atoms with Crippen molar-refractivity contribution in [3.05, 3.63) is 11.7 Å². The molecule has 0 radical (unpaired) electrons. The lowest BCUT2D eigenvalue weighted by Gasteiger charge is -2.32. The summed E-state index contributed by atoms with van der Waals surface area (Å²) in [6.07, 6.45) is 0.581. The van der Waals surface area contributed by atoms with E-state index >= 15 is 0 Å². The van der Waals surface area contributed by atoms with Gasteiger partial charge in [0.25, 0.3) is 0 Å². The van der Waals surface area contributed by atoms with Gasteiger partial charge in [0.2, 0.25) is 11.8 Å². The van der Waals surface area contributed by atoms with Crippen LogP contribution in [0, 0.1) is 5.92 Å². The fourth-order valence-corrected chi connectivity index (χ4v) is 2.31. The monoisotopic (exact) mass is 298 g/mol. The molecule has 1 saturated heterocycles. The van der Waals surface area contributed by atoms with E-state index in [1.807, 2.05) is 11.9 Å². The summed E-state index contributed by atoms with van der Waals surface area (Å²) in [6, 6.07) is 0. The lowest BCUT2D eigenvalue weighted by molar-refractivity contribution is -0.131. The number of rotatable bonds is 6. The Labute approximate surface area is 123 Å². The largest absolute Gasteiger partial charge is 0.392 e. The first-order valence-corrected chi connectivity index (χ1v) is 7.05. The fourth-order valence-electron chi connectivity index (χ4n) is 2.31. The number of amides is 1. The number of aromatic nitrogens is 2. The van der Waals surface area contributed by atoms with Gasteiger partial charge in [-0.25, -0.2) is 0 Å². The molecule has 1 aliphatic rings. The van der Waals surface area contributed by atoms with Crippen molar-refractivity contribution in [2.75, 3.05) is 33.9 Å². The third-order valence-corrected chi connectivity index (χ3v) is 3.57. The lowest BCUT2D eigenvalue weighted by atomic mass is 9.94. The maximum absolute atomic E-state index is 12.1. The van der Waals surface area contributed by atoms with Crippen LogP contribution in [0.2, 0.25) is 0 Å². The van der Waals surface area contributed by atoms with Crippen molar-refractivity contribution in [2.24, 2.45) is 5.92 Å². The van der Waals surface area contributed by atoms with Crippen LogP contribution >= 0.6 is 0 Å². The quantitative estimate of drug-likeness (QED) is 0.708. The summed E-state index contributed by atoms with van der Waals surface area (Å²) in [4.78, 5) is 18.3. The summed E-state index contributed by atoms with van der Waals surface area (Å²) in [5, 5.41) is 16.4. The highest BCUT2D eigenvalue weighted by Crippen LogP contribution is 2.16. The molecule has 0 unspecified atom stereocenters. The van der Waals surface area contributed by atoms with Gasteiger partial charge >= 0.3 is 0 Å². The van der Waals surface area contributed by atoms with Gasteiger partial charge in [0.15, 0.2) is 5.82 Å². The predicted molar refractivity (Wildman–Crippen MR) is 73.3 cm³/mol. The molecule has 0 spiro atoms. The number of nitrogens with one attached hydrogen (secondary N) is 1. The smallest absolute Gasteiger partial charge is 0.246 e. The van der Waals surface area contributed by atoms with Crippen LogP contribution in [-0.4, -0.2) is 66.0 Å². The number of carbonyl (C=O) groups is 1. The number of aliphatic hydroxyl groups excluding tert-OH is 1. The van der Waals surface area contributed by atoms with Crippen LogP contribution in [0.25, 0.3) is 0 Å². The summed E-state index contributed by atoms with van der Waals surface area (Å²) in [6.45, 7) is 2.05. The molecular formula is C13H22N4O4. The van der Waals surface area contributed by atoms with Gasteiger partial charge in [-0.2, -0.15) is 4.98 Å². The molecule has 0 aromatic carbocycles. The van der Waals surface area contributed by atoms with Crippen molar-refractivity contribution < 1.29 is 19.2 Å². The second-order valence-electron chi connectivity index (χ2n) is 5.29. The van der Waals surface area contributed by atoms with Gasteiger partial charge in [-0.3, -0.25) is 4.79 Å². The topological polar surface area (TPSA) is 101 Å². The summed E-state index contributed by atoms with van der Waals surface area (Å²) >= 11 is 0. The SMILES string of the molecule is COCCc1noc(CNC(=O)[C@@H]2CN(C)CC[C@H]2O)n1. The van der Waals surface area contributed by atoms with E-state index in [0.29, 0.717) is 37.7 Å². The molecule has 1 aromatic rings. The molecule has 2 atom stereocenters. The van der Waals surface area contributed by atoms with Crippen molar-refractivity contribution >= 4 is 5.91 Å². The van der Waals surface area contributed by atoms with Crippen molar-refractivity contribution in [3.8, 4) is 0 Å². The molecule has 8 nitrogen and oxygen atoms in total. The Morgan fingerprint density at radius 3 is 3.19 bits per heavy atom. The normalized spacial score (nSPS) is 23.2. The van der Waals surface area contributed by atoms with Gasteiger partial charge < -0.3 is 24.6 Å². The van der Waals surface area contributed by atoms with Crippen LogP contribution < -0.4 is 5.32 Å². The van der Waals surface area contributed by atoms with Crippen molar-refractivity contribution in [2.45, 2.75) is 25.5 Å². The molecule has 1 aliphatic heterocycles. The standard InChI is InChI=1S/C13H22N4O4/c1-17-5-3-10(18)9(8-17)13(19)14-7-12-15-11(16-21-12)4-6-20-2/h9-10,18H,3-8H2,1-2H3,(H,14,19)/t9-,10-/m1/s1. The van der Waals surface area contributed by atoms with Gasteiger partial charge in [0.1, 0.15) is 0 Å². The summed E-state index contributed by atoms with van der Waals surface area (Å²) in [5.74, 6) is 0.303. The number of ether oxygens (including phenoxy) is 1. The molecular weight excluding hydrogens is 276 g/mol. The summed E-state index contributed by atoms with van der Waals surface area (Å²) in [7, 11) is 3.54. The number of aliphatic hydroxyl groups is 1. The van der Waals surface area contributed by atoms with Crippen molar-refractivity contribution in [1.82, 2.24) is 20.4 Å². The van der Waals surface area contributed by atoms with Gasteiger partial charge in [0.05, 0.1) is 25.2 Å². The number of likely N-dealkylation sites (tertiary alicyclic amines) is 1. The molecule has 118 valence electrons. The van der Waals surface area contributed by atoms with Crippen LogP contribution in [0.4, 0.5) is 0 Å². The summed E-state index contributed by atoms with van der Waals surface area (Å²) < 4.78 is 9.97. The Kier molecular flexibility index (Phi) is 5.66. The highest BCUT2D eigenvalue weighted by Gasteiger charge is 2.31. The Hall–Kier alpha value is -1.51. The van der Waals surface area contributed by atoms with E-state index in [9.17, 15) is 9.90 Å². The summed E-state index contributed by atoms with van der Waals surface area (Å²) in [5.41, 5.74) is 0. The van der Waals surface area contributed by atoms with E-state index in [4.69, 9.17) is 9.26 Å². The van der Waals surface area contributed by atoms with Crippen LogP contribution in [0.1, 0.15) is 18.1 Å². The van der Waals surface area contributed by atoms with E-state index in [1.54, 1.807) is 7.11 Å². The number of hydrogen-bond donors (Lipinski definition) is 2. The van der Waals surface area contributed by atoms with Gasteiger partial charge in [-0.15, -0.1) is 0 Å². The highest BCUT2D eigenvalue weighted by atomic mass is 16.5. The Morgan fingerprint density at radius 1 is 1.62 bits per heavy atom. The number of piperidine rings is 1. The van der Waals surface area contributed by atoms with Crippen LogP contribution in [0.5, 0.6) is 0 Å². The van der Waals surface area contributed by atoms with Crippen LogP contribution in [-0.2, 0) is 22.5 Å². The Morgan fingerprint density at radius 2 is 2.43 bits per heavy atom. The molecule has 1 amide bonds. The van der Waals surface area contributed by atoms with Crippen LogP contribution in [0.15, 0.2) is 4.52 Å². The van der Waals surface area contributed by atoms with Crippen molar-refractivity contribution in [1.29, 1.82) is 0 Å². The van der Waals surface area contributed by atoms with E-state index in [-0.39, 0.29) is 12.5 Å². The molecule has 0 saturated carbocycles. The Bertz CT molecular complexity index is 465.